The Balaban J connectivity index is 2.61. The summed E-state index contributed by atoms with van der Waals surface area (Å²) in [4.78, 5) is 11.1. The van der Waals surface area contributed by atoms with E-state index in [1.54, 1.807) is 6.07 Å². The van der Waals surface area contributed by atoms with E-state index in [0.29, 0.717) is 0 Å². The highest BCUT2D eigenvalue weighted by molar-refractivity contribution is 5.78. The van der Waals surface area contributed by atoms with E-state index < -0.39 is 30.5 Å². The van der Waals surface area contributed by atoms with E-state index in [1.165, 1.54) is 0 Å². The number of carbonyl (C=O) groups is 1. The number of nitrogens with one attached hydrogen (secondary N) is 2. The van der Waals surface area contributed by atoms with Crippen LogP contribution in [0.2, 0.25) is 0 Å². The summed E-state index contributed by atoms with van der Waals surface area (Å²) in [5, 5.41) is 13.3. The molecule has 1 rings (SSSR count). The molecule has 1 saturated heterocycles. The van der Waals surface area contributed by atoms with Crippen molar-refractivity contribution < 1.29 is 18.0 Å². The number of alkyl halides is 3. The standard InChI is InChI=1S/C9H12F3N3O/c10-9(11,12)6-2-4-14-5-7(6)15-8(16)1-3-13/h6-7,14H,1-2,4-5H2,(H,15,16). The first-order valence-corrected chi connectivity index (χ1v) is 4.89. The minimum absolute atomic E-state index is 0.0546. The molecule has 4 nitrogen and oxygen atoms in total. The normalized spacial score (nSPS) is 25.9. The van der Waals surface area contributed by atoms with Crippen molar-refractivity contribution in [3.8, 4) is 6.07 Å². The Morgan fingerprint density at radius 3 is 2.81 bits per heavy atom. The molecule has 1 aliphatic heterocycles. The number of amides is 1. The van der Waals surface area contributed by atoms with Crippen molar-refractivity contribution in [2.75, 3.05) is 13.1 Å². The van der Waals surface area contributed by atoms with Crippen molar-refractivity contribution in [1.29, 1.82) is 5.26 Å². The number of carbonyl (C=O) groups excluding carboxylic acids is 1. The molecule has 2 atom stereocenters. The molecule has 0 spiro atoms. The van der Waals surface area contributed by atoms with E-state index in [4.69, 9.17) is 5.26 Å². The minimum Gasteiger partial charge on any atom is -0.351 e. The largest absolute Gasteiger partial charge is 0.393 e. The quantitative estimate of drug-likeness (QED) is 0.734. The Labute approximate surface area is 90.8 Å². The van der Waals surface area contributed by atoms with Crippen molar-refractivity contribution in [1.82, 2.24) is 10.6 Å². The molecule has 0 saturated carbocycles. The van der Waals surface area contributed by atoms with Gasteiger partial charge in [0, 0.05) is 6.54 Å². The monoisotopic (exact) mass is 235 g/mol. The molecule has 1 aliphatic rings. The van der Waals surface area contributed by atoms with Crippen molar-refractivity contribution >= 4 is 5.91 Å². The van der Waals surface area contributed by atoms with Gasteiger partial charge >= 0.3 is 6.18 Å². The summed E-state index contributed by atoms with van der Waals surface area (Å²) in [5.74, 6) is -2.19. The van der Waals surface area contributed by atoms with Gasteiger partial charge in [-0.25, -0.2) is 0 Å². The Hall–Kier alpha value is -1.29. The molecule has 1 fully saturated rings. The van der Waals surface area contributed by atoms with Crippen molar-refractivity contribution in [2.24, 2.45) is 5.92 Å². The lowest BCUT2D eigenvalue weighted by atomic mass is 9.92. The first-order valence-electron chi connectivity index (χ1n) is 4.89. The number of hydrogen-bond donors (Lipinski definition) is 2. The van der Waals surface area contributed by atoms with Gasteiger partial charge in [-0.1, -0.05) is 0 Å². The van der Waals surface area contributed by atoms with Crippen LogP contribution in [-0.4, -0.2) is 31.2 Å². The van der Waals surface area contributed by atoms with Gasteiger partial charge in [-0.05, 0) is 13.0 Å². The smallest absolute Gasteiger partial charge is 0.351 e. The van der Waals surface area contributed by atoms with Gasteiger partial charge < -0.3 is 10.6 Å². The summed E-state index contributed by atoms with van der Waals surface area (Å²) < 4.78 is 37.8. The highest BCUT2D eigenvalue weighted by atomic mass is 19.4. The lowest BCUT2D eigenvalue weighted by Crippen LogP contribution is -2.55. The van der Waals surface area contributed by atoms with Gasteiger partial charge in [0.1, 0.15) is 6.42 Å². The van der Waals surface area contributed by atoms with Crippen LogP contribution >= 0.6 is 0 Å². The molecule has 90 valence electrons. The van der Waals surface area contributed by atoms with E-state index >= 15 is 0 Å². The summed E-state index contributed by atoms with van der Waals surface area (Å²) >= 11 is 0. The third kappa shape index (κ3) is 3.38. The molecule has 1 amide bonds. The van der Waals surface area contributed by atoms with Crippen LogP contribution in [0, 0.1) is 17.2 Å². The molecular formula is C9H12F3N3O. The zero-order valence-corrected chi connectivity index (χ0v) is 8.47. The molecular weight excluding hydrogens is 223 g/mol. The van der Waals surface area contributed by atoms with Gasteiger partial charge in [0.15, 0.2) is 0 Å². The summed E-state index contributed by atoms with van der Waals surface area (Å²) in [6.07, 6.45) is -4.78. The van der Waals surface area contributed by atoms with Gasteiger partial charge in [-0.2, -0.15) is 18.4 Å². The second-order valence-corrected chi connectivity index (χ2v) is 3.65. The van der Waals surface area contributed by atoms with Crippen LogP contribution in [0.5, 0.6) is 0 Å². The molecule has 16 heavy (non-hydrogen) atoms. The molecule has 0 aliphatic carbocycles. The van der Waals surface area contributed by atoms with E-state index in [1.807, 2.05) is 0 Å². The predicted molar refractivity (Wildman–Crippen MR) is 49.2 cm³/mol. The number of nitriles is 1. The highest BCUT2D eigenvalue weighted by Crippen LogP contribution is 2.32. The average Bonchev–Trinajstić information content (AvgIpc) is 2.17. The van der Waals surface area contributed by atoms with Crippen LogP contribution in [0.25, 0.3) is 0 Å². The predicted octanol–water partition coefficient (Wildman–Crippen LogP) is 0.557. The SMILES string of the molecule is N#CCC(=O)NC1CNCCC1C(F)(F)F. The number of halogens is 3. The van der Waals surface area contributed by atoms with Crippen LogP contribution in [0.3, 0.4) is 0 Å². The van der Waals surface area contributed by atoms with E-state index in [-0.39, 0.29) is 19.5 Å². The number of nitrogens with zero attached hydrogens (tertiary/aromatic N) is 1. The number of rotatable bonds is 2. The summed E-state index contributed by atoms with van der Waals surface area (Å²) in [5.41, 5.74) is 0. The molecule has 2 N–H and O–H groups in total. The average molecular weight is 235 g/mol. The second kappa shape index (κ2) is 5.16. The lowest BCUT2D eigenvalue weighted by molar-refractivity contribution is -0.187. The first-order chi connectivity index (χ1) is 7.45. The number of hydrogen-bond acceptors (Lipinski definition) is 3. The molecule has 0 bridgehead atoms. The third-order valence-electron chi connectivity index (χ3n) is 2.49. The topological polar surface area (TPSA) is 64.9 Å². The van der Waals surface area contributed by atoms with Crippen LogP contribution in [-0.2, 0) is 4.79 Å². The Morgan fingerprint density at radius 2 is 2.25 bits per heavy atom. The molecule has 0 aromatic carbocycles. The van der Waals surface area contributed by atoms with Crippen LogP contribution in [0.4, 0.5) is 13.2 Å². The fourth-order valence-electron chi connectivity index (χ4n) is 1.73. The Bertz CT molecular complexity index is 297. The third-order valence-corrected chi connectivity index (χ3v) is 2.49. The van der Waals surface area contributed by atoms with Gasteiger partial charge in [0.2, 0.25) is 5.91 Å². The molecule has 7 heteroatoms. The summed E-state index contributed by atoms with van der Waals surface area (Å²) in [7, 11) is 0. The van der Waals surface area contributed by atoms with Gasteiger partial charge in [0.05, 0.1) is 18.0 Å². The first kappa shape index (κ1) is 12.8. The van der Waals surface area contributed by atoms with E-state index in [9.17, 15) is 18.0 Å². The van der Waals surface area contributed by atoms with Gasteiger partial charge in [-0.15, -0.1) is 0 Å². The number of piperidine rings is 1. The summed E-state index contributed by atoms with van der Waals surface area (Å²) in [6, 6.07) is 0.620. The molecule has 0 radical (unpaired) electrons. The molecule has 0 aromatic rings. The van der Waals surface area contributed by atoms with Crippen molar-refractivity contribution in [3.63, 3.8) is 0 Å². The zero-order valence-electron chi connectivity index (χ0n) is 8.47. The van der Waals surface area contributed by atoms with Crippen LogP contribution < -0.4 is 10.6 Å². The van der Waals surface area contributed by atoms with Gasteiger partial charge in [-0.3, -0.25) is 4.79 Å². The zero-order chi connectivity index (χ0) is 12.2. The van der Waals surface area contributed by atoms with Gasteiger partial charge in [0.25, 0.3) is 0 Å². The maximum absolute atomic E-state index is 12.6. The minimum atomic E-state index is -4.31. The molecule has 2 unspecified atom stereocenters. The van der Waals surface area contributed by atoms with E-state index in [2.05, 4.69) is 10.6 Å². The molecule has 0 aromatic heterocycles. The molecule has 1 heterocycles. The van der Waals surface area contributed by atoms with Crippen LogP contribution in [0.15, 0.2) is 0 Å². The van der Waals surface area contributed by atoms with Crippen molar-refractivity contribution in [2.45, 2.75) is 25.1 Å². The fourth-order valence-corrected chi connectivity index (χ4v) is 1.73. The van der Waals surface area contributed by atoms with Crippen molar-refractivity contribution in [3.05, 3.63) is 0 Å². The Kier molecular flexibility index (Phi) is 4.12. The fraction of sp³-hybridized carbons (Fsp3) is 0.778. The van der Waals surface area contributed by atoms with Crippen LogP contribution in [0.1, 0.15) is 12.8 Å². The van der Waals surface area contributed by atoms with E-state index in [0.717, 1.165) is 0 Å². The second-order valence-electron chi connectivity index (χ2n) is 3.65. The summed E-state index contributed by atoms with van der Waals surface area (Å²) in [6.45, 7) is 0.371. The maximum Gasteiger partial charge on any atom is 0.393 e. The maximum atomic E-state index is 12.6. The Morgan fingerprint density at radius 1 is 1.56 bits per heavy atom. The lowest BCUT2D eigenvalue weighted by Gasteiger charge is -2.33. The highest BCUT2D eigenvalue weighted by Gasteiger charge is 2.45.